The van der Waals surface area contributed by atoms with Crippen LogP contribution in [0.25, 0.3) is 0 Å². The molecule has 1 nitrogen and oxygen atoms in total. The molecule has 1 atom stereocenters. The van der Waals surface area contributed by atoms with E-state index in [1.807, 2.05) is 25.1 Å². The fourth-order valence-corrected chi connectivity index (χ4v) is 2.24. The van der Waals surface area contributed by atoms with Gasteiger partial charge in [-0.05, 0) is 31.4 Å². The van der Waals surface area contributed by atoms with Gasteiger partial charge in [0, 0.05) is 16.5 Å². The van der Waals surface area contributed by atoms with Crippen molar-refractivity contribution in [3.8, 4) is 0 Å². The summed E-state index contributed by atoms with van der Waals surface area (Å²) in [5, 5.41) is 0.682. The fourth-order valence-electron chi connectivity index (χ4n) is 2.07. The predicted molar refractivity (Wildman–Crippen MR) is 73.8 cm³/mol. The largest absolute Gasteiger partial charge is 0.294 e. The lowest BCUT2D eigenvalue weighted by atomic mass is 9.89. The van der Waals surface area contributed by atoms with E-state index in [0.29, 0.717) is 5.02 Å². The van der Waals surface area contributed by atoms with Crippen LogP contribution in [0.15, 0.2) is 18.2 Å². The molecular formula is C15H21ClO. The third kappa shape index (κ3) is 3.57. The van der Waals surface area contributed by atoms with Crippen LogP contribution in [0, 0.1) is 12.8 Å². The molecule has 0 saturated carbocycles. The summed E-state index contributed by atoms with van der Waals surface area (Å²) in [4.78, 5) is 12.4. The molecule has 0 saturated heterocycles. The average molecular weight is 253 g/mol. The van der Waals surface area contributed by atoms with Crippen LogP contribution >= 0.6 is 11.6 Å². The normalized spacial score (nSPS) is 12.5. The molecule has 0 N–H and O–H groups in total. The first-order chi connectivity index (χ1) is 8.11. The maximum Gasteiger partial charge on any atom is 0.166 e. The summed E-state index contributed by atoms with van der Waals surface area (Å²) in [5.74, 6) is 0.396. The van der Waals surface area contributed by atoms with Gasteiger partial charge in [-0.1, -0.05) is 50.4 Å². The van der Waals surface area contributed by atoms with Gasteiger partial charge in [0.2, 0.25) is 0 Å². The smallest absolute Gasteiger partial charge is 0.166 e. The third-order valence-corrected chi connectivity index (χ3v) is 3.71. The number of hydrogen-bond donors (Lipinski definition) is 0. The van der Waals surface area contributed by atoms with Gasteiger partial charge in [-0.2, -0.15) is 0 Å². The van der Waals surface area contributed by atoms with Crippen LogP contribution in [0.5, 0.6) is 0 Å². The third-order valence-electron chi connectivity index (χ3n) is 3.30. The van der Waals surface area contributed by atoms with E-state index in [4.69, 9.17) is 11.6 Å². The van der Waals surface area contributed by atoms with E-state index in [-0.39, 0.29) is 11.7 Å². The molecule has 1 aromatic rings. The van der Waals surface area contributed by atoms with Gasteiger partial charge in [0.05, 0.1) is 0 Å². The Morgan fingerprint density at radius 2 is 2.06 bits per heavy atom. The van der Waals surface area contributed by atoms with Gasteiger partial charge in [-0.25, -0.2) is 0 Å². The van der Waals surface area contributed by atoms with Crippen molar-refractivity contribution in [2.45, 2.75) is 46.5 Å². The van der Waals surface area contributed by atoms with Crippen molar-refractivity contribution in [1.29, 1.82) is 0 Å². The van der Waals surface area contributed by atoms with Crippen molar-refractivity contribution < 1.29 is 4.79 Å². The summed E-state index contributed by atoms with van der Waals surface area (Å²) >= 11 is 6.06. The highest BCUT2D eigenvalue weighted by Crippen LogP contribution is 2.24. The molecule has 17 heavy (non-hydrogen) atoms. The van der Waals surface area contributed by atoms with Crippen LogP contribution < -0.4 is 0 Å². The molecule has 94 valence electrons. The summed E-state index contributed by atoms with van der Waals surface area (Å²) < 4.78 is 0. The molecule has 0 heterocycles. The number of carbonyl (C=O) groups excluding carboxylic acids is 1. The van der Waals surface area contributed by atoms with E-state index in [1.54, 1.807) is 0 Å². The monoisotopic (exact) mass is 252 g/mol. The maximum absolute atomic E-state index is 12.4. The summed E-state index contributed by atoms with van der Waals surface area (Å²) in [6, 6.07) is 5.58. The van der Waals surface area contributed by atoms with E-state index in [1.165, 1.54) is 0 Å². The minimum absolute atomic E-state index is 0.145. The lowest BCUT2D eigenvalue weighted by Gasteiger charge is -2.15. The summed E-state index contributed by atoms with van der Waals surface area (Å²) in [7, 11) is 0. The Morgan fingerprint density at radius 1 is 1.35 bits per heavy atom. The average Bonchev–Trinajstić information content (AvgIpc) is 2.33. The molecule has 2 heteroatoms. The number of unbranched alkanes of at least 4 members (excludes halogenated alkanes) is 1. The van der Waals surface area contributed by atoms with Gasteiger partial charge in [0.15, 0.2) is 5.78 Å². The Balaban J connectivity index is 2.90. The Kier molecular flexibility index (Phi) is 5.70. The molecule has 0 bridgehead atoms. The molecule has 0 aliphatic carbocycles. The van der Waals surface area contributed by atoms with Crippen molar-refractivity contribution in [1.82, 2.24) is 0 Å². The lowest BCUT2D eigenvalue weighted by molar-refractivity contribution is 0.0907. The van der Waals surface area contributed by atoms with Crippen molar-refractivity contribution in [3.05, 3.63) is 34.3 Å². The van der Waals surface area contributed by atoms with Gasteiger partial charge < -0.3 is 0 Å². The first kappa shape index (κ1) is 14.2. The molecule has 0 spiro atoms. The van der Waals surface area contributed by atoms with E-state index < -0.39 is 0 Å². The topological polar surface area (TPSA) is 17.1 Å². The van der Waals surface area contributed by atoms with E-state index in [2.05, 4.69) is 13.8 Å². The molecule has 0 aromatic heterocycles. The Bertz CT molecular complexity index is 385. The van der Waals surface area contributed by atoms with Crippen molar-refractivity contribution in [2.75, 3.05) is 0 Å². The quantitative estimate of drug-likeness (QED) is 0.648. The summed E-state index contributed by atoms with van der Waals surface area (Å²) in [6.45, 7) is 6.15. The summed E-state index contributed by atoms with van der Waals surface area (Å²) in [6.07, 6.45) is 4.14. The number of rotatable bonds is 6. The van der Waals surface area contributed by atoms with Crippen molar-refractivity contribution in [2.24, 2.45) is 5.92 Å². The lowest BCUT2D eigenvalue weighted by Crippen LogP contribution is -2.15. The number of carbonyl (C=O) groups is 1. The number of halogens is 1. The standard InChI is InChI=1S/C15H21ClO/c1-4-6-8-12(5-2)15(17)13-9-7-10-14(16)11(13)3/h7,9-10,12H,4-6,8H2,1-3H3. The van der Waals surface area contributed by atoms with Gasteiger partial charge in [0.1, 0.15) is 0 Å². The Morgan fingerprint density at radius 3 is 2.65 bits per heavy atom. The van der Waals surface area contributed by atoms with Crippen LogP contribution in [0.1, 0.15) is 55.5 Å². The molecule has 0 aliphatic rings. The molecule has 0 aliphatic heterocycles. The molecule has 1 aromatic carbocycles. The summed E-state index contributed by atoms with van der Waals surface area (Å²) in [5.41, 5.74) is 1.70. The van der Waals surface area contributed by atoms with Crippen LogP contribution in [-0.4, -0.2) is 5.78 Å². The number of Topliss-reactive ketones (excluding diaryl/α,β-unsaturated/α-hetero) is 1. The molecule has 0 radical (unpaired) electrons. The zero-order valence-electron chi connectivity index (χ0n) is 10.9. The molecule has 1 unspecified atom stereocenters. The Hall–Kier alpha value is -0.820. The van der Waals surface area contributed by atoms with Gasteiger partial charge in [-0.15, -0.1) is 0 Å². The van der Waals surface area contributed by atoms with E-state index in [9.17, 15) is 4.79 Å². The van der Waals surface area contributed by atoms with Crippen molar-refractivity contribution in [3.63, 3.8) is 0 Å². The van der Waals surface area contributed by atoms with Gasteiger partial charge >= 0.3 is 0 Å². The molecular weight excluding hydrogens is 232 g/mol. The first-order valence-electron chi connectivity index (χ1n) is 6.41. The second kappa shape index (κ2) is 6.80. The van der Waals surface area contributed by atoms with Crippen molar-refractivity contribution >= 4 is 17.4 Å². The number of hydrogen-bond acceptors (Lipinski definition) is 1. The Labute approximate surface area is 109 Å². The minimum atomic E-state index is 0.145. The SMILES string of the molecule is CCCCC(CC)C(=O)c1cccc(Cl)c1C. The number of ketones is 1. The van der Waals surface area contributed by atoms with E-state index >= 15 is 0 Å². The van der Waals surface area contributed by atoms with E-state index in [0.717, 1.165) is 36.8 Å². The fraction of sp³-hybridized carbons (Fsp3) is 0.533. The zero-order valence-corrected chi connectivity index (χ0v) is 11.7. The molecule has 0 amide bonds. The van der Waals surface area contributed by atoms with Crippen LogP contribution in [0.4, 0.5) is 0 Å². The molecule has 1 rings (SSSR count). The highest BCUT2D eigenvalue weighted by Gasteiger charge is 2.19. The van der Waals surface area contributed by atoms with Gasteiger partial charge in [-0.3, -0.25) is 4.79 Å². The van der Waals surface area contributed by atoms with Crippen LogP contribution in [0.3, 0.4) is 0 Å². The number of benzene rings is 1. The maximum atomic E-state index is 12.4. The first-order valence-corrected chi connectivity index (χ1v) is 6.78. The minimum Gasteiger partial charge on any atom is -0.294 e. The molecule has 0 fully saturated rings. The van der Waals surface area contributed by atoms with Crippen LogP contribution in [-0.2, 0) is 0 Å². The second-order valence-corrected chi connectivity index (χ2v) is 4.93. The zero-order chi connectivity index (χ0) is 12.8. The highest BCUT2D eigenvalue weighted by molar-refractivity contribution is 6.31. The second-order valence-electron chi connectivity index (χ2n) is 4.52. The van der Waals surface area contributed by atoms with Gasteiger partial charge in [0.25, 0.3) is 0 Å². The predicted octanol–water partition coefficient (Wildman–Crippen LogP) is 5.05. The van der Waals surface area contributed by atoms with Crippen LogP contribution in [0.2, 0.25) is 5.02 Å². The highest BCUT2D eigenvalue weighted by atomic mass is 35.5.